The SMILES string of the molecule is CCOC(=O)c1cc2n(c1-c1cccs1)CCc1cc(OC)c(S(=O)(=O)C(F)(F)F)cc1-2. The van der Waals surface area contributed by atoms with Crippen molar-refractivity contribution in [3.05, 3.63) is 46.8 Å². The molecule has 0 aliphatic carbocycles. The van der Waals surface area contributed by atoms with Crippen molar-refractivity contribution in [3.8, 4) is 27.6 Å². The maximum absolute atomic E-state index is 13.3. The van der Waals surface area contributed by atoms with Crippen molar-refractivity contribution < 1.29 is 35.9 Å². The van der Waals surface area contributed by atoms with Crippen LogP contribution in [0.25, 0.3) is 21.8 Å². The number of aryl methyl sites for hydroxylation is 1. The standard InChI is InChI=1S/C21H18F3NO5S2/c1-3-30-20(26)14-10-15-13-11-18(32(27,28)21(22,23)24)16(29-2)9-12(13)6-7-25(15)19(14)17-5-4-8-31-17/h4-5,8-11H,3,6-7H2,1-2H3. The fourth-order valence-electron chi connectivity index (χ4n) is 3.82. The summed E-state index contributed by atoms with van der Waals surface area (Å²) < 4.78 is 76.3. The quantitative estimate of drug-likeness (QED) is 0.480. The number of rotatable bonds is 5. The number of hydrogen-bond acceptors (Lipinski definition) is 6. The van der Waals surface area contributed by atoms with E-state index in [9.17, 15) is 26.4 Å². The molecule has 0 saturated heterocycles. The third-order valence-electron chi connectivity index (χ3n) is 5.21. The predicted octanol–water partition coefficient (Wildman–Crippen LogP) is 4.92. The lowest BCUT2D eigenvalue weighted by Crippen LogP contribution is -2.24. The van der Waals surface area contributed by atoms with E-state index in [1.54, 1.807) is 13.0 Å². The third-order valence-corrected chi connectivity index (χ3v) is 7.60. The van der Waals surface area contributed by atoms with Crippen molar-refractivity contribution in [3.63, 3.8) is 0 Å². The number of carbonyl (C=O) groups is 1. The molecule has 0 bridgehead atoms. The van der Waals surface area contributed by atoms with Gasteiger partial charge >= 0.3 is 11.5 Å². The number of nitrogens with zero attached hydrogens (tertiary/aromatic N) is 1. The summed E-state index contributed by atoms with van der Waals surface area (Å²) in [6.45, 7) is 2.28. The molecule has 32 heavy (non-hydrogen) atoms. The maximum atomic E-state index is 13.3. The van der Waals surface area contributed by atoms with Crippen molar-refractivity contribution in [2.75, 3.05) is 13.7 Å². The smallest absolute Gasteiger partial charge is 0.495 e. The van der Waals surface area contributed by atoms with Crippen LogP contribution in [0.3, 0.4) is 0 Å². The Hall–Kier alpha value is -2.79. The van der Waals surface area contributed by atoms with Gasteiger partial charge in [0, 0.05) is 17.8 Å². The van der Waals surface area contributed by atoms with Gasteiger partial charge in [0.2, 0.25) is 0 Å². The van der Waals surface area contributed by atoms with Crippen LogP contribution < -0.4 is 4.74 Å². The molecular weight excluding hydrogens is 467 g/mol. The topological polar surface area (TPSA) is 74.6 Å². The van der Waals surface area contributed by atoms with Crippen LogP contribution in [0.4, 0.5) is 13.2 Å². The number of halogens is 3. The second-order valence-electron chi connectivity index (χ2n) is 7.00. The summed E-state index contributed by atoms with van der Waals surface area (Å²) in [6.07, 6.45) is 0.417. The first-order valence-corrected chi connectivity index (χ1v) is 11.9. The Balaban J connectivity index is 1.99. The monoisotopic (exact) mass is 485 g/mol. The molecule has 0 fully saturated rings. The van der Waals surface area contributed by atoms with Gasteiger partial charge < -0.3 is 14.0 Å². The van der Waals surface area contributed by atoms with Crippen LogP contribution in [-0.4, -0.2) is 38.2 Å². The van der Waals surface area contributed by atoms with Gasteiger partial charge in [0.25, 0.3) is 9.84 Å². The Labute approximate surface area is 186 Å². The molecule has 1 aliphatic rings. The molecule has 1 aliphatic heterocycles. The highest BCUT2D eigenvalue weighted by molar-refractivity contribution is 7.92. The van der Waals surface area contributed by atoms with Crippen molar-refractivity contribution >= 4 is 27.1 Å². The number of esters is 1. The van der Waals surface area contributed by atoms with E-state index in [-0.39, 0.29) is 17.9 Å². The van der Waals surface area contributed by atoms with Crippen molar-refractivity contribution in [2.24, 2.45) is 0 Å². The van der Waals surface area contributed by atoms with Gasteiger partial charge in [-0.3, -0.25) is 0 Å². The molecule has 4 rings (SSSR count). The maximum Gasteiger partial charge on any atom is 0.502 e. The van der Waals surface area contributed by atoms with Gasteiger partial charge in [-0.15, -0.1) is 11.3 Å². The number of carbonyl (C=O) groups excluding carboxylic acids is 1. The van der Waals surface area contributed by atoms with Gasteiger partial charge in [0.15, 0.2) is 0 Å². The largest absolute Gasteiger partial charge is 0.502 e. The molecule has 2 aromatic heterocycles. The number of thiophene rings is 1. The van der Waals surface area contributed by atoms with Gasteiger partial charge in [-0.2, -0.15) is 13.2 Å². The highest BCUT2D eigenvalue weighted by Gasteiger charge is 2.49. The molecule has 0 radical (unpaired) electrons. The van der Waals surface area contributed by atoms with Gasteiger partial charge in [-0.05, 0) is 48.6 Å². The summed E-state index contributed by atoms with van der Waals surface area (Å²) >= 11 is 1.41. The molecule has 0 amide bonds. The summed E-state index contributed by atoms with van der Waals surface area (Å²) in [5, 5.41) is 1.85. The molecule has 170 valence electrons. The number of sulfone groups is 1. The van der Waals surface area contributed by atoms with E-state index in [1.807, 2.05) is 22.1 Å². The van der Waals surface area contributed by atoms with Crippen LogP contribution in [0.1, 0.15) is 22.8 Å². The molecule has 11 heteroatoms. The number of hydrogen-bond donors (Lipinski definition) is 0. The molecule has 6 nitrogen and oxygen atoms in total. The minimum atomic E-state index is -5.65. The highest BCUT2D eigenvalue weighted by atomic mass is 32.2. The normalized spacial score (nSPS) is 13.4. The Morgan fingerprint density at radius 3 is 2.59 bits per heavy atom. The van der Waals surface area contributed by atoms with E-state index in [0.29, 0.717) is 35.5 Å². The molecule has 0 saturated carbocycles. The lowest BCUT2D eigenvalue weighted by atomic mass is 9.98. The predicted molar refractivity (Wildman–Crippen MR) is 113 cm³/mol. The van der Waals surface area contributed by atoms with Crippen LogP contribution >= 0.6 is 11.3 Å². The average molecular weight is 486 g/mol. The zero-order chi connectivity index (χ0) is 23.3. The minimum Gasteiger partial charge on any atom is -0.495 e. The summed E-state index contributed by atoms with van der Waals surface area (Å²) in [6, 6.07) is 7.50. The van der Waals surface area contributed by atoms with Gasteiger partial charge in [0.05, 0.1) is 29.9 Å². The van der Waals surface area contributed by atoms with Crippen molar-refractivity contribution in [1.82, 2.24) is 4.57 Å². The number of alkyl halides is 3. The van der Waals surface area contributed by atoms with Gasteiger partial charge in [0.1, 0.15) is 10.6 Å². The van der Waals surface area contributed by atoms with Gasteiger partial charge in [-0.25, -0.2) is 13.2 Å². The summed E-state index contributed by atoms with van der Waals surface area (Å²) in [4.78, 5) is 12.5. The van der Waals surface area contributed by atoms with Crippen LogP contribution in [-0.2, 0) is 27.5 Å². The average Bonchev–Trinajstić information content (AvgIpc) is 3.39. The fourth-order valence-corrected chi connectivity index (χ4v) is 5.54. The van der Waals surface area contributed by atoms with Crippen molar-refractivity contribution in [2.45, 2.75) is 30.3 Å². The zero-order valence-corrected chi connectivity index (χ0v) is 18.7. The van der Waals surface area contributed by atoms with E-state index >= 15 is 0 Å². The Kier molecular flexibility index (Phi) is 5.58. The van der Waals surface area contributed by atoms with E-state index in [4.69, 9.17) is 9.47 Å². The van der Waals surface area contributed by atoms with E-state index in [1.165, 1.54) is 17.4 Å². The van der Waals surface area contributed by atoms with E-state index in [2.05, 4.69) is 0 Å². The minimum absolute atomic E-state index is 0.158. The molecule has 1 aromatic carbocycles. The number of methoxy groups -OCH3 is 1. The van der Waals surface area contributed by atoms with Gasteiger partial charge in [-0.1, -0.05) is 6.07 Å². The molecule has 3 aromatic rings. The summed E-state index contributed by atoms with van der Waals surface area (Å²) in [5.74, 6) is -0.929. The Morgan fingerprint density at radius 1 is 1.25 bits per heavy atom. The number of ether oxygens (including phenoxy) is 2. The second kappa shape index (κ2) is 7.96. The molecule has 0 unspecified atom stereocenters. The molecule has 0 spiro atoms. The summed E-state index contributed by atoms with van der Waals surface area (Å²) in [5.41, 5.74) is -3.25. The lowest BCUT2D eigenvalue weighted by molar-refractivity contribution is -0.0437. The fraction of sp³-hybridized carbons (Fsp3) is 0.286. The zero-order valence-electron chi connectivity index (χ0n) is 17.0. The first-order chi connectivity index (χ1) is 15.1. The van der Waals surface area contributed by atoms with Crippen LogP contribution in [0.2, 0.25) is 0 Å². The van der Waals surface area contributed by atoms with Crippen LogP contribution in [0, 0.1) is 0 Å². The molecular formula is C21H18F3NO5S2. The van der Waals surface area contributed by atoms with Crippen LogP contribution in [0.5, 0.6) is 5.75 Å². The molecule has 0 N–H and O–H groups in total. The number of benzene rings is 1. The highest BCUT2D eigenvalue weighted by Crippen LogP contribution is 2.44. The summed E-state index contributed by atoms with van der Waals surface area (Å²) in [7, 11) is -4.53. The Bertz CT molecular complexity index is 1290. The molecule has 3 heterocycles. The van der Waals surface area contributed by atoms with Crippen LogP contribution in [0.15, 0.2) is 40.6 Å². The molecule has 0 atom stereocenters. The lowest BCUT2D eigenvalue weighted by Gasteiger charge is -2.23. The second-order valence-corrected chi connectivity index (χ2v) is 9.86. The first-order valence-electron chi connectivity index (χ1n) is 9.57. The Morgan fingerprint density at radius 2 is 2.00 bits per heavy atom. The first kappa shape index (κ1) is 22.4. The number of fused-ring (bicyclic) bond motifs is 3. The number of aromatic nitrogens is 1. The van der Waals surface area contributed by atoms with E-state index in [0.717, 1.165) is 18.1 Å². The van der Waals surface area contributed by atoms with Crippen molar-refractivity contribution in [1.29, 1.82) is 0 Å². The van der Waals surface area contributed by atoms with E-state index < -0.39 is 26.2 Å². The third kappa shape index (κ3) is 3.49.